The van der Waals surface area contributed by atoms with Gasteiger partial charge in [0.2, 0.25) is 0 Å². The van der Waals surface area contributed by atoms with E-state index in [9.17, 15) is 20.1 Å². The lowest BCUT2D eigenvalue weighted by molar-refractivity contribution is -0.115. The van der Waals surface area contributed by atoms with Crippen LogP contribution in [0.5, 0.6) is 0 Å². The van der Waals surface area contributed by atoms with Gasteiger partial charge in [-0.15, -0.1) is 0 Å². The fourth-order valence-corrected chi connectivity index (χ4v) is 5.33. The maximum atomic E-state index is 11.6. The molecular weight excluding hydrogens is 424 g/mol. The van der Waals surface area contributed by atoms with Crippen LogP contribution in [0.25, 0.3) is 0 Å². The van der Waals surface area contributed by atoms with E-state index in [-0.39, 0.29) is 12.5 Å². The van der Waals surface area contributed by atoms with Gasteiger partial charge in [0.15, 0.2) is 0 Å². The lowest BCUT2D eigenvalue weighted by Crippen LogP contribution is -2.52. The number of aliphatic hydroxyl groups excluding tert-OH is 2. The van der Waals surface area contributed by atoms with Crippen LogP contribution in [-0.2, 0) is 4.79 Å². The van der Waals surface area contributed by atoms with Crippen molar-refractivity contribution in [2.75, 3.05) is 6.61 Å². The van der Waals surface area contributed by atoms with Crippen molar-refractivity contribution in [3.05, 3.63) is 46.1 Å². The van der Waals surface area contributed by atoms with Gasteiger partial charge in [0, 0.05) is 12.0 Å². The van der Waals surface area contributed by atoms with Gasteiger partial charge in [0.25, 0.3) is 0 Å². The van der Waals surface area contributed by atoms with Gasteiger partial charge >= 0.3 is 0 Å². The standard InChI is InChI=1S/C30H50O4/c1-22(2)10-8-11-23(3)13-14-26(33)20-24(4)15-17-29(6)28(12-9-19-31)27(25(5)21-32)16-18-30(29,7)34/h10,13,20-21,26,28,31,33-34H,8-9,11-12,14-19H2,1-7H3. The molecule has 0 aliphatic heterocycles. The maximum Gasteiger partial charge on any atom is 0.145 e. The third-order valence-electron chi connectivity index (χ3n) is 7.95. The molecule has 3 N–H and O–H groups in total. The van der Waals surface area contributed by atoms with E-state index in [1.807, 2.05) is 26.8 Å². The van der Waals surface area contributed by atoms with E-state index in [1.165, 1.54) is 11.1 Å². The minimum Gasteiger partial charge on any atom is -0.396 e. The van der Waals surface area contributed by atoms with E-state index in [4.69, 9.17) is 0 Å². The predicted molar refractivity (Wildman–Crippen MR) is 143 cm³/mol. The molecule has 1 rings (SSSR count). The van der Waals surface area contributed by atoms with E-state index >= 15 is 0 Å². The Morgan fingerprint density at radius 3 is 2.35 bits per heavy atom. The molecule has 1 saturated carbocycles. The highest BCUT2D eigenvalue weighted by molar-refractivity contribution is 5.74. The Morgan fingerprint density at radius 1 is 1.09 bits per heavy atom. The Bertz CT molecular complexity index is 780. The van der Waals surface area contributed by atoms with Gasteiger partial charge < -0.3 is 15.3 Å². The highest BCUT2D eigenvalue weighted by atomic mass is 16.3. The topological polar surface area (TPSA) is 77.8 Å². The predicted octanol–water partition coefficient (Wildman–Crippen LogP) is 6.61. The van der Waals surface area contributed by atoms with Crippen LogP contribution in [0.4, 0.5) is 0 Å². The van der Waals surface area contributed by atoms with E-state index < -0.39 is 17.1 Å². The summed E-state index contributed by atoms with van der Waals surface area (Å²) >= 11 is 0. The molecule has 34 heavy (non-hydrogen) atoms. The van der Waals surface area contributed by atoms with Crippen molar-refractivity contribution in [3.63, 3.8) is 0 Å². The van der Waals surface area contributed by atoms with Gasteiger partial charge in [-0.1, -0.05) is 47.4 Å². The first-order valence-electron chi connectivity index (χ1n) is 13.0. The van der Waals surface area contributed by atoms with Crippen molar-refractivity contribution < 1.29 is 20.1 Å². The molecule has 4 nitrogen and oxygen atoms in total. The molecule has 0 radical (unpaired) electrons. The number of rotatable bonds is 13. The van der Waals surface area contributed by atoms with Crippen LogP contribution >= 0.6 is 0 Å². The van der Waals surface area contributed by atoms with Crippen molar-refractivity contribution in [1.29, 1.82) is 0 Å². The quantitative estimate of drug-likeness (QED) is 0.159. The van der Waals surface area contributed by atoms with Crippen molar-refractivity contribution in [2.45, 2.75) is 118 Å². The number of carbonyl (C=O) groups is 1. The number of aldehydes is 1. The number of carbonyl (C=O) groups excluding carboxylic acids is 1. The zero-order chi connectivity index (χ0) is 25.9. The molecule has 1 fully saturated rings. The van der Waals surface area contributed by atoms with Crippen LogP contribution in [0.15, 0.2) is 46.1 Å². The van der Waals surface area contributed by atoms with E-state index in [1.54, 1.807) is 0 Å². The Hall–Kier alpha value is -1.49. The molecule has 0 saturated heterocycles. The second-order valence-electron chi connectivity index (χ2n) is 11.1. The summed E-state index contributed by atoms with van der Waals surface area (Å²) < 4.78 is 0. The first-order chi connectivity index (χ1) is 15.9. The highest BCUT2D eigenvalue weighted by Crippen LogP contribution is 2.55. The average Bonchev–Trinajstić information content (AvgIpc) is 2.76. The van der Waals surface area contributed by atoms with Crippen LogP contribution in [-0.4, -0.2) is 39.9 Å². The second kappa shape index (κ2) is 14.2. The highest BCUT2D eigenvalue weighted by Gasteiger charge is 2.52. The van der Waals surface area contributed by atoms with Gasteiger partial charge in [0.05, 0.1) is 11.7 Å². The molecule has 0 aromatic rings. The Labute approximate surface area is 208 Å². The zero-order valence-electron chi connectivity index (χ0n) is 22.8. The molecule has 1 aliphatic carbocycles. The molecule has 0 bridgehead atoms. The smallest absolute Gasteiger partial charge is 0.145 e. The number of hydrogen-bond acceptors (Lipinski definition) is 4. The molecule has 4 heteroatoms. The summed E-state index contributed by atoms with van der Waals surface area (Å²) in [6, 6.07) is 0. The molecule has 0 aromatic carbocycles. The van der Waals surface area contributed by atoms with Gasteiger partial charge in [-0.3, -0.25) is 4.79 Å². The first-order valence-corrected chi connectivity index (χ1v) is 13.0. The summed E-state index contributed by atoms with van der Waals surface area (Å²) in [6.45, 7) is 14.4. The zero-order valence-corrected chi connectivity index (χ0v) is 22.8. The van der Waals surface area contributed by atoms with Crippen LogP contribution in [0.2, 0.25) is 0 Å². The Morgan fingerprint density at radius 2 is 1.76 bits per heavy atom. The first kappa shape index (κ1) is 30.5. The van der Waals surface area contributed by atoms with Gasteiger partial charge in [0.1, 0.15) is 6.29 Å². The van der Waals surface area contributed by atoms with Crippen molar-refractivity contribution in [3.8, 4) is 0 Å². The largest absolute Gasteiger partial charge is 0.396 e. The molecule has 1 aliphatic rings. The van der Waals surface area contributed by atoms with Gasteiger partial charge in [-0.05, 0) is 111 Å². The second-order valence-corrected chi connectivity index (χ2v) is 11.1. The number of allylic oxidation sites excluding steroid dienone is 6. The third-order valence-corrected chi connectivity index (χ3v) is 7.95. The summed E-state index contributed by atoms with van der Waals surface area (Å²) in [7, 11) is 0. The van der Waals surface area contributed by atoms with Crippen LogP contribution in [0.3, 0.4) is 0 Å². The lowest BCUT2D eigenvalue weighted by atomic mass is 9.54. The number of aliphatic hydroxyl groups is 3. The fourth-order valence-electron chi connectivity index (χ4n) is 5.33. The summed E-state index contributed by atoms with van der Waals surface area (Å²) in [5.41, 5.74) is 4.37. The SMILES string of the molecule is CC(C)=CCCC(C)=CCC(O)C=C(C)CCC1(C)C(CCCO)C(=C(C)C=O)CCC1(C)O. The summed E-state index contributed by atoms with van der Waals surface area (Å²) in [6.07, 6.45) is 13.7. The lowest BCUT2D eigenvalue weighted by Gasteiger charge is -2.53. The summed E-state index contributed by atoms with van der Waals surface area (Å²) in [5.74, 6) is 0.0534. The van der Waals surface area contributed by atoms with E-state index in [0.717, 1.165) is 61.5 Å². The van der Waals surface area contributed by atoms with Crippen LogP contribution < -0.4 is 0 Å². The van der Waals surface area contributed by atoms with Gasteiger partial charge in [-0.25, -0.2) is 0 Å². The minimum absolute atomic E-state index is 0.0534. The normalized spacial score (nSPS) is 28.5. The molecule has 0 amide bonds. The molecular formula is C30H50O4. The molecule has 194 valence electrons. The maximum absolute atomic E-state index is 11.6. The molecule has 0 spiro atoms. The van der Waals surface area contributed by atoms with Gasteiger partial charge in [-0.2, -0.15) is 0 Å². The number of hydrogen-bond donors (Lipinski definition) is 3. The molecule has 4 unspecified atom stereocenters. The van der Waals surface area contributed by atoms with Crippen LogP contribution in [0, 0.1) is 11.3 Å². The monoisotopic (exact) mass is 474 g/mol. The van der Waals surface area contributed by atoms with Crippen LogP contribution in [0.1, 0.15) is 106 Å². The molecule has 0 aromatic heterocycles. The van der Waals surface area contributed by atoms with Crippen molar-refractivity contribution >= 4 is 6.29 Å². The Kier molecular flexibility index (Phi) is 12.7. The minimum atomic E-state index is -0.857. The third kappa shape index (κ3) is 8.94. The Balaban J connectivity index is 2.93. The van der Waals surface area contributed by atoms with Crippen molar-refractivity contribution in [1.82, 2.24) is 0 Å². The molecule has 0 heterocycles. The average molecular weight is 475 g/mol. The molecule has 4 atom stereocenters. The van der Waals surface area contributed by atoms with E-state index in [0.29, 0.717) is 19.3 Å². The van der Waals surface area contributed by atoms with E-state index in [2.05, 4.69) is 39.8 Å². The fraction of sp³-hybridized carbons (Fsp3) is 0.700. The summed E-state index contributed by atoms with van der Waals surface area (Å²) in [4.78, 5) is 11.6. The van der Waals surface area contributed by atoms with Crippen molar-refractivity contribution in [2.24, 2.45) is 11.3 Å². The summed E-state index contributed by atoms with van der Waals surface area (Å²) in [5, 5.41) is 31.4.